The van der Waals surface area contributed by atoms with Gasteiger partial charge in [0.2, 0.25) is 5.91 Å². The van der Waals surface area contributed by atoms with Gasteiger partial charge in [-0.2, -0.15) is 0 Å². The number of thioether (sulfide) groups is 1. The van der Waals surface area contributed by atoms with Crippen molar-refractivity contribution in [1.29, 1.82) is 0 Å². The zero-order chi connectivity index (χ0) is 16.4. The van der Waals surface area contributed by atoms with Gasteiger partial charge in [0.15, 0.2) is 0 Å². The van der Waals surface area contributed by atoms with Gasteiger partial charge in [-0.15, -0.1) is 11.8 Å². The van der Waals surface area contributed by atoms with Crippen LogP contribution < -0.4 is 5.73 Å². The molecule has 23 heavy (non-hydrogen) atoms. The lowest BCUT2D eigenvalue weighted by atomic mass is 9.98. The summed E-state index contributed by atoms with van der Waals surface area (Å²) in [5.41, 5.74) is 7.32. The number of nitrogens with two attached hydrogens (primary N) is 1. The zero-order valence-corrected chi connectivity index (χ0v) is 13.1. The lowest BCUT2D eigenvalue weighted by Gasteiger charge is -2.22. The van der Waals surface area contributed by atoms with Crippen molar-refractivity contribution in [3.05, 3.63) is 59.9 Å². The van der Waals surface area contributed by atoms with Crippen molar-refractivity contribution in [3.63, 3.8) is 0 Å². The molecular formula is C17H15FN2O2S. The standard InChI is InChI=1S/C17H15FN2O2S/c18-12-7-5-11(6-8-12)13-3-1-2-4-14(13)17(22)20-10-23-9-15(20)16(19)21/h1-8,15H,9-10H2,(H2,19,21)/t15-/m0/s1. The van der Waals surface area contributed by atoms with Crippen LogP contribution in [0.25, 0.3) is 11.1 Å². The van der Waals surface area contributed by atoms with Crippen LogP contribution in [-0.2, 0) is 4.79 Å². The summed E-state index contributed by atoms with van der Waals surface area (Å²) in [6, 6.07) is 12.5. The summed E-state index contributed by atoms with van der Waals surface area (Å²) in [4.78, 5) is 25.9. The molecule has 3 rings (SSSR count). The normalized spacial score (nSPS) is 17.3. The third-order valence-electron chi connectivity index (χ3n) is 3.78. The van der Waals surface area contributed by atoms with Crippen molar-refractivity contribution in [2.24, 2.45) is 5.73 Å². The molecule has 4 nitrogen and oxygen atoms in total. The summed E-state index contributed by atoms with van der Waals surface area (Å²) < 4.78 is 13.1. The van der Waals surface area contributed by atoms with E-state index in [0.29, 0.717) is 22.8 Å². The van der Waals surface area contributed by atoms with E-state index in [4.69, 9.17) is 5.73 Å². The highest BCUT2D eigenvalue weighted by Crippen LogP contribution is 2.28. The molecule has 0 radical (unpaired) electrons. The number of carbonyl (C=O) groups is 2. The van der Waals surface area contributed by atoms with Crippen molar-refractivity contribution < 1.29 is 14.0 Å². The number of primary amides is 1. The van der Waals surface area contributed by atoms with Crippen molar-refractivity contribution in [1.82, 2.24) is 4.90 Å². The lowest BCUT2D eigenvalue weighted by molar-refractivity contribution is -0.121. The molecule has 2 aromatic carbocycles. The molecule has 1 fully saturated rings. The summed E-state index contributed by atoms with van der Waals surface area (Å²) >= 11 is 1.50. The second-order valence-corrected chi connectivity index (χ2v) is 6.25. The number of amides is 2. The molecule has 6 heteroatoms. The molecule has 2 amide bonds. The van der Waals surface area contributed by atoms with Gasteiger partial charge < -0.3 is 10.6 Å². The Morgan fingerprint density at radius 2 is 1.83 bits per heavy atom. The van der Waals surface area contributed by atoms with E-state index < -0.39 is 11.9 Å². The summed E-state index contributed by atoms with van der Waals surface area (Å²) in [5.74, 6) is -0.118. The van der Waals surface area contributed by atoms with Crippen molar-refractivity contribution in [2.45, 2.75) is 6.04 Å². The number of hydrogen-bond acceptors (Lipinski definition) is 3. The van der Waals surface area contributed by atoms with Crippen molar-refractivity contribution >= 4 is 23.6 Å². The third kappa shape index (κ3) is 3.07. The molecule has 0 saturated carbocycles. The van der Waals surface area contributed by atoms with E-state index in [-0.39, 0.29) is 11.7 Å². The van der Waals surface area contributed by atoms with Crippen LogP contribution in [0.5, 0.6) is 0 Å². The maximum absolute atomic E-state index is 13.1. The Bertz CT molecular complexity index is 749. The van der Waals surface area contributed by atoms with Gasteiger partial charge in [-0.1, -0.05) is 30.3 Å². The van der Waals surface area contributed by atoms with Gasteiger partial charge in [-0.25, -0.2) is 4.39 Å². The minimum absolute atomic E-state index is 0.237. The SMILES string of the molecule is NC(=O)[C@@H]1CSCN1C(=O)c1ccccc1-c1ccc(F)cc1. The number of rotatable bonds is 3. The van der Waals surface area contributed by atoms with Gasteiger partial charge in [0.1, 0.15) is 11.9 Å². The van der Waals surface area contributed by atoms with E-state index >= 15 is 0 Å². The summed E-state index contributed by atoms with van der Waals surface area (Å²) in [6.45, 7) is 0. The molecule has 0 spiro atoms. The van der Waals surface area contributed by atoms with E-state index in [1.165, 1.54) is 28.8 Å². The van der Waals surface area contributed by atoms with Crippen molar-refractivity contribution in [3.8, 4) is 11.1 Å². The predicted octanol–water partition coefficient (Wildman–Crippen LogP) is 2.49. The van der Waals surface area contributed by atoms with Gasteiger partial charge in [0, 0.05) is 11.3 Å². The Kier molecular flexibility index (Phi) is 4.34. The van der Waals surface area contributed by atoms with Crippen molar-refractivity contribution in [2.75, 3.05) is 11.6 Å². The molecule has 1 saturated heterocycles. The Balaban J connectivity index is 1.98. The fraction of sp³-hybridized carbons (Fsp3) is 0.176. The van der Waals surface area contributed by atoms with Gasteiger partial charge in [0.05, 0.1) is 5.88 Å². The first-order valence-electron chi connectivity index (χ1n) is 7.11. The number of hydrogen-bond donors (Lipinski definition) is 1. The maximum atomic E-state index is 13.1. The first-order valence-corrected chi connectivity index (χ1v) is 8.26. The fourth-order valence-corrected chi connectivity index (χ4v) is 3.75. The molecule has 1 atom stereocenters. The van der Waals surface area contributed by atoms with Crippen LogP contribution in [0.3, 0.4) is 0 Å². The van der Waals surface area contributed by atoms with E-state index in [1.807, 2.05) is 12.1 Å². The zero-order valence-electron chi connectivity index (χ0n) is 12.2. The highest BCUT2D eigenvalue weighted by molar-refractivity contribution is 7.99. The molecule has 0 bridgehead atoms. The highest BCUT2D eigenvalue weighted by Gasteiger charge is 2.34. The molecule has 2 N–H and O–H groups in total. The minimum atomic E-state index is -0.589. The second kappa shape index (κ2) is 6.42. The first kappa shape index (κ1) is 15.6. The van der Waals surface area contributed by atoms with Crippen LogP contribution in [0.2, 0.25) is 0 Å². The monoisotopic (exact) mass is 330 g/mol. The fourth-order valence-electron chi connectivity index (χ4n) is 2.58. The van der Waals surface area contributed by atoms with E-state index in [0.717, 1.165) is 5.56 Å². The Morgan fingerprint density at radius 3 is 2.52 bits per heavy atom. The highest BCUT2D eigenvalue weighted by atomic mass is 32.2. The molecule has 1 aliphatic rings. The minimum Gasteiger partial charge on any atom is -0.368 e. The molecule has 0 unspecified atom stereocenters. The quantitative estimate of drug-likeness (QED) is 0.940. The number of carbonyl (C=O) groups excluding carboxylic acids is 2. The Labute approximate surface area is 137 Å². The first-order chi connectivity index (χ1) is 11.1. The van der Waals surface area contributed by atoms with Crippen LogP contribution in [-0.4, -0.2) is 34.4 Å². The summed E-state index contributed by atoms with van der Waals surface area (Å²) in [5, 5.41) is 0. The largest absolute Gasteiger partial charge is 0.368 e. The molecule has 118 valence electrons. The van der Waals surface area contributed by atoms with Gasteiger partial charge in [0.25, 0.3) is 5.91 Å². The molecule has 2 aromatic rings. The van der Waals surface area contributed by atoms with Crippen LogP contribution in [0.1, 0.15) is 10.4 Å². The molecule has 1 heterocycles. The van der Waals surface area contributed by atoms with Gasteiger partial charge >= 0.3 is 0 Å². The average molecular weight is 330 g/mol. The molecule has 0 aromatic heterocycles. The summed E-state index contributed by atoms with van der Waals surface area (Å²) in [7, 11) is 0. The van der Waals surface area contributed by atoms with Crippen LogP contribution >= 0.6 is 11.8 Å². The number of halogens is 1. The van der Waals surface area contributed by atoms with Gasteiger partial charge in [-0.05, 0) is 29.3 Å². The molecular weight excluding hydrogens is 315 g/mol. The Hall–Kier alpha value is -2.34. The topological polar surface area (TPSA) is 63.4 Å². The number of benzene rings is 2. The third-order valence-corrected chi connectivity index (χ3v) is 4.80. The van der Waals surface area contributed by atoms with E-state index in [9.17, 15) is 14.0 Å². The van der Waals surface area contributed by atoms with E-state index in [2.05, 4.69) is 0 Å². The second-order valence-electron chi connectivity index (χ2n) is 5.25. The molecule has 1 aliphatic heterocycles. The maximum Gasteiger partial charge on any atom is 0.255 e. The van der Waals surface area contributed by atoms with Gasteiger partial charge in [-0.3, -0.25) is 9.59 Å². The Morgan fingerprint density at radius 1 is 1.13 bits per heavy atom. The lowest BCUT2D eigenvalue weighted by Crippen LogP contribution is -2.45. The average Bonchev–Trinajstić information content (AvgIpc) is 3.05. The molecule has 0 aliphatic carbocycles. The van der Waals surface area contributed by atoms with Crippen LogP contribution in [0.15, 0.2) is 48.5 Å². The van der Waals surface area contributed by atoms with Crippen LogP contribution in [0.4, 0.5) is 4.39 Å². The van der Waals surface area contributed by atoms with Crippen LogP contribution in [0, 0.1) is 5.82 Å². The predicted molar refractivity (Wildman–Crippen MR) is 88.3 cm³/mol. The van der Waals surface area contributed by atoms with E-state index in [1.54, 1.807) is 24.3 Å². The summed E-state index contributed by atoms with van der Waals surface area (Å²) in [6.07, 6.45) is 0. The number of nitrogens with zero attached hydrogens (tertiary/aromatic N) is 1. The smallest absolute Gasteiger partial charge is 0.255 e.